The summed E-state index contributed by atoms with van der Waals surface area (Å²) in [5.41, 5.74) is 1.27. The Labute approximate surface area is 193 Å². The molecule has 4 rings (SSSR count). The average Bonchev–Trinajstić information content (AvgIpc) is 3.06. The van der Waals surface area contributed by atoms with Crippen LogP contribution in [-0.4, -0.2) is 35.7 Å². The fourth-order valence-corrected chi connectivity index (χ4v) is 4.67. The second-order valence-electron chi connectivity index (χ2n) is 8.82. The van der Waals surface area contributed by atoms with Crippen molar-refractivity contribution in [2.75, 3.05) is 6.61 Å². The zero-order chi connectivity index (χ0) is 23.0. The van der Waals surface area contributed by atoms with E-state index in [1.165, 1.54) is 18.2 Å². The lowest BCUT2D eigenvalue weighted by atomic mass is 10.00. The molecule has 0 saturated carbocycles. The molecule has 2 heterocycles. The van der Waals surface area contributed by atoms with Crippen LogP contribution in [0.3, 0.4) is 0 Å². The van der Waals surface area contributed by atoms with E-state index in [2.05, 4.69) is 45.7 Å². The Morgan fingerprint density at radius 3 is 2.47 bits per heavy atom. The van der Waals surface area contributed by atoms with Gasteiger partial charge in [-0.05, 0) is 40.2 Å². The zero-order valence-corrected chi connectivity index (χ0v) is 20.5. The lowest BCUT2D eigenvalue weighted by Gasteiger charge is -2.15. The molecule has 0 aliphatic heterocycles. The van der Waals surface area contributed by atoms with E-state index in [0.29, 0.717) is 44.9 Å². The van der Waals surface area contributed by atoms with E-state index in [1.54, 1.807) is 22.9 Å². The molecule has 0 radical (unpaired) electrons. The van der Waals surface area contributed by atoms with Crippen molar-refractivity contribution in [1.29, 1.82) is 0 Å². The minimum atomic E-state index is -1.22. The first kappa shape index (κ1) is 22.7. The van der Waals surface area contributed by atoms with E-state index >= 15 is 0 Å². The van der Waals surface area contributed by atoms with Crippen molar-refractivity contribution in [3.63, 3.8) is 0 Å². The van der Waals surface area contributed by atoms with Crippen molar-refractivity contribution in [2.45, 2.75) is 32.4 Å². The van der Waals surface area contributed by atoms with Gasteiger partial charge < -0.3 is 4.74 Å². The molecule has 0 spiro atoms. The number of hydrogen-bond acceptors (Lipinski definition) is 4. The first-order valence-electron chi connectivity index (χ1n) is 10.2. The molecule has 2 aromatic heterocycles. The molecule has 0 aliphatic carbocycles. The van der Waals surface area contributed by atoms with E-state index in [0.717, 1.165) is 6.04 Å². The lowest BCUT2D eigenvalue weighted by Crippen LogP contribution is -2.22. The minimum Gasteiger partial charge on any atom is -0.359 e. The number of benzene rings is 2. The maximum absolute atomic E-state index is 14.7. The number of fused-ring (bicyclic) bond motifs is 3. The van der Waals surface area contributed by atoms with Gasteiger partial charge in [-0.2, -0.15) is 5.10 Å². The highest BCUT2D eigenvalue weighted by atomic mass is 79.9. The second kappa shape index (κ2) is 8.80. The third-order valence-electron chi connectivity index (χ3n) is 5.19. The van der Waals surface area contributed by atoms with Crippen molar-refractivity contribution in [3.8, 4) is 11.3 Å². The molecule has 2 aromatic carbocycles. The molecule has 0 amide bonds. The van der Waals surface area contributed by atoms with E-state index < -0.39 is 19.7 Å². The van der Waals surface area contributed by atoms with Gasteiger partial charge in [0.1, 0.15) is 40.3 Å². The molecule has 0 unspecified atom stereocenters. The molecule has 32 heavy (non-hydrogen) atoms. The van der Waals surface area contributed by atoms with Gasteiger partial charge in [-0.3, -0.25) is 4.79 Å². The highest BCUT2D eigenvalue weighted by Gasteiger charge is 2.22. The SMILES string of the molecule is C[Si](C)(C)CCOCn1nc2c(nc(-c3c(F)cccc3F)c3cc(C=O)ccc32)c1Br. The van der Waals surface area contributed by atoms with Crippen LogP contribution < -0.4 is 0 Å². The molecule has 166 valence electrons. The predicted octanol–water partition coefficient (Wildman–Crippen LogP) is 6.42. The van der Waals surface area contributed by atoms with Crippen LogP contribution in [0.15, 0.2) is 41.0 Å². The van der Waals surface area contributed by atoms with Gasteiger partial charge in [0.05, 0.1) is 11.3 Å². The Bertz CT molecular complexity index is 1310. The summed E-state index contributed by atoms with van der Waals surface area (Å²) in [5, 5.41) is 5.71. The van der Waals surface area contributed by atoms with Crippen LogP contribution in [0.5, 0.6) is 0 Å². The van der Waals surface area contributed by atoms with Gasteiger partial charge in [0.25, 0.3) is 0 Å². The van der Waals surface area contributed by atoms with Crippen molar-refractivity contribution < 1.29 is 18.3 Å². The number of pyridine rings is 1. The van der Waals surface area contributed by atoms with Crippen LogP contribution in [0, 0.1) is 11.6 Å². The Balaban J connectivity index is 1.88. The smallest absolute Gasteiger partial charge is 0.150 e. The summed E-state index contributed by atoms with van der Waals surface area (Å²) in [7, 11) is -1.22. The molecule has 4 aromatic rings. The Morgan fingerprint density at radius 2 is 1.81 bits per heavy atom. The number of hydrogen-bond donors (Lipinski definition) is 0. The quantitative estimate of drug-likeness (QED) is 0.161. The van der Waals surface area contributed by atoms with E-state index in [4.69, 9.17) is 4.74 Å². The van der Waals surface area contributed by atoms with E-state index in [-0.39, 0.29) is 18.0 Å². The summed E-state index contributed by atoms with van der Waals surface area (Å²) >= 11 is 3.52. The van der Waals surface area contributed by atoms with E-state index in [1.807, 2.05) is 0 Å². The van der Waals surface area contributed by atoms with Gasteiger partial charge in [0.2, 0.25) is 0 Å². The number of ether oxygens (including phenoxy) is 1. The first-order chi connectivity index (χ1) is 15.2. The number of aldehydes is 1. The monoisotopic (exact) mass is 517 g/mol. The Kier molecular flexibility index (Phi) is 6.24. The van der Waals surface area contributed by atoms with Crippen molar-refractivity contribution >= 4 is 52.1 Å². The van der Waals surface area contributed by atoms with Gasteiger partial charge >= 0.3 is 0 Å². The van der Waals surface area contributed by atoms with Gasteiger partial charge in [-0.1, -0.05) is 37.8 Å². The van der Waals surface area contributed by atoms with Crippen molar-refractivity contribution in [2.24, 2.45) is 0 Å². The summed E-state index contributed by atoms with van der Waals surface area (Å²) < 4.78 is 37.3. The molecular weight excluding hydrogens is 496 g/mol. The van der Waals surface area contributed by atoms with Gasteiger partial charge in [-0.15, -0.1) is 0 Å². The number of aromatic nitrogens is 3. The molecule has 0 atom stereocenters. The maximum atomic E-state index is 14.7. The van der Waals surface area contributed by atoms with Crippen molar-refractivity contribution in [3.05, 3.63) is 58.2 Å². The van der Waals surface area contributed by atoms with Crippen molar-refractivity contribution in [1.82, 2.24) is 14.8 Å². The molecule has 9 heteroatoms. The molecular formula is C23H22BrF2N3O2Si. The number of carbonyl (C=O) groups is 1. The number of carbonyl (C=O) groups excluding carboxylic acids is 1. The molecule has 0 aliphatic rings. The van der Waals surface area contributed by atoms with Crippen LogP contribution in [0.2, 0.25) is 25.7 Å². The molecule has 0 bridgehead atoms. The molecule has 0 saturated heterocycles. The van der Waals surface area contributed by atoms with Crippen LogP contribution in [-0.2, 0) is 11.5 Å². The summed E-state index contributed by atoms with van der Waals surface area (Å²) in [6, 6.07) is 9.65. The number of rotatable bonds is 7. The normalized spacial score (nSPS) is 12.1. The fourth-order valence-electron chi connectivity index (χ4n) is 3.45. The maximum Gasteiger partial charge on any atom is 0.150 e. The van der Waals surface area contributed by atoms with Crippen LogP contribution in [0.25, 0.3) is 33.1 Å². The Hall–Kier alpha value is -2.49. The molecule has 5 nitrogen and oxygen atoms in total. The average molecular weight is 518 g/mol. The lowest BCUT2D eigenvalue weighted by molar-refractivity contribution is 0.0775. The number of nitrogens with zero attached hydrogens (tertiary/aromatic N) is 3. The summed E-state index contributed by atoms with van der Waals surface area (Å²) in [6.07, 6.45) is 0.687. The van der Waals surface area contributed by atoms with Gasteiger partial charge in [0, 0.05) is 31.0 Å². The summed E-state index contributed by atoms with van der Waals surface area (Å²) in [5.74, 6) is -1.46. The zero-order valence-electron chi connectivity index (χ0n) is 18.0. The third kappa shape index (κ3) is 4.37. The Morgan fingerprint density at radius 1 is 1.09 bits per heavy atom. The fraction of sp³-hybridized carbons (Fsp3) is 0.261. The third-order valence-corrected chi connectivity index (χ3v) is 7.68. The largest absolute Gasteiger partial charge is 0.359 e. The van der Waals surface area contributed by atoms with Crippen LogP contribution in [0.1, 0.15) is 10.4 Å². The highest BCUT2D eigenvalue weighted by molar-refractivity contribution is 9.10. The second-order valence-corrected chi connectivity index (χ2v) is 15.2. The van der Waals surface area contributed by atoms with Gasteiger partial charge in [0.15, 0.2) is 0 Å². The first-order valence-corrected chi connectivity index (χ1v) is 14.7. The van der Waals surface area contributed by atoms with E-state index in [9.17, 15) is 13.6 Å². The van der Waals surface area contributed by atoms with Crippen LogP contribution >= 0.6 is 15.9 Å². The molecule has 0 fully saturated rings. The van der Waals surface area contributed by atoms with Gasteiger partial charge in [-0.25, -0.2) is 18.4 Å². The molecule has 0 N–H and O–H groups in total. The standard InChI is InChI=1S/C23H22BrF2N3O2Si/c1-32(2,3)10-9-31-13-29-23(24)22-21(28-29)15-8-7-14(12-30)11-16(15)20(27-22)19-17(25)5-4-6-18(19)26/h4-8,11-12H,9-10,13H2,1-3H3. The summed E-state index contributed by atoms with van der Waals surface area (Å²) in [6.45, 7) is 7.68. The number of halogens is 3. The highest BCUT2D eigenvalue weighted by Crippen LogP contribution is 2.37. The minimum absolute atomic E-state index is 0.117. The van der Waals surface area contributed by atoms with Crippen LogP contribution in [0.4, 0.5) is 8.78 Å². The summed E-state index contributed by atoms with van der Waals surface area (Å²) in [4.78, 5) is 15.9. The predicted molar refractivity (Wildman–Crippen MR) is 128 cm³/mol. The topological polar surface area (TPSA) is 57.0 Å².